The number of hydrogen-bond donors (Lipinski definition) is 1. The van der Waals surface area contributed by atoms with Crippen LogP contribution in [0.15, 0.2) is 24.8 Å². The number of hydrogen-bond acceptors (Lipinski definition) is 2. The van der Waals surface area contributed by atoms with E-state index in [1.54, 1.807) is 6.92 Å². The molecule has 0 saturated carbocycles. The van der Waals surface area contributed by atoms with E-state index in [4.69, 9.17) is 16.3 Å². The van der Waals surface area contributed by atoms with Crippen LogP contribution < -0.4 is 4.74 Å². The maximum atomic E-state index is 13.1. The molecule has 1 aromatic carbocycles. The minimum atomic E-state index is -4.86. The van der Waals surface area contributed by atoms with Crippen molar-refractivity contribution in [1.82, 2.24) is 0 Å². The molecule has 6 heteroatoms. The van der Waals surface area contributed by atoms with Crippen LogP contribution in [0.1, 0.15) is 17.5 Å². The second-order valence-electron chi connectivity index (χ2n) is 4.15. The molecule has 1 rings (SSSR count). The zero-order valence-electron chi connectivity index (χ0n) is 10.5. The van der Waals surface area contributed by atoms with Gasteiger partial charge in [-0.05, 0) is 24.6 Å². The molecular formula is C13H14ClF3O2. The van der Waals surface area contributed by atoms with Crippen LogP contribution in [-0.2, 0) is 5.60 Å². The lowest BCUT2D eigenvalue weighted by Crippen LogP contribution is -2.42. The summed E-state index contributed by atoms with van der Waals surface area (Å²) in [5, 5.41) is 9.76. The Hall–Kier alpha value is -1.20. The molecule has 0 aliphatic carbocycles. The molecule has 0 radical (unpaired) electrons. The maximum Gasteiger partial charge on any atom is 0.421 e. The van der Waals surface area contributed by atoms with Crippen LogP contribution in [0, 0.1) is 6.92 Å². The van der Waals surface area contributed by atoms with Crippen molar-refractivity contribution < 1.29 is 23.0 Å². The zero-order valence-corrected chi connectivity index (χ0v) is 11.3. The van der Waals surface area contributed by atoms with Gasteiger partial charge in [0.25, 0.3) is 0 Å². The average molecular weight is 295 g/mol. The first-order chi connectivity index (χ1) is 8.67. The van der Waals surface area contributed by atoms with Gasteiger partial charge in [-0.25, -0.2) is 0 Å². The standard InChI is InChI=1S/C13H14ClF3O2/c1-4-5-12(18,13(15,16)17)9-6-8(2)11(19-3)7-10(9)14/h4,6-7,18H,1,5H2,2-3H3. The number of alkyl halides is 3. The van der Waals surface area contributed by atoms with Gasteiger partial charge in [0.1, 0.15) is 5.75 Å². The Bertz CT molecular complexity index is 486. The number of rotatable bonds is 4. The third-order valence-corrected chi connectivity index (χ3v) is 3.15. The van der Waals surface area contributed by atoms with E-state index in [1.807, 2.05) is 0 Å². The van der Waals surface area contributed by atoms with Crippen molar-refractivity contribution in [2.24, 2.45) is 0 Å². The van der Waals surface area contributed by atoms with Gasteiger partial charge in [0.05, 0.1) is 12.1 Å². The lowest BCUT2D eigenvalue weighted by atomic mass is 9.88. The predicted octanol–water partition coefficient (Wildman–Crippen LogP) is 3.98. The minimum absolute atomic E-state index is 0.205. The van der Waals surface area contributed by atoms with Crippen molar-refractivity contribution in [3.63, 3.8) is 0 Å². The maximum absolute atomic E-state index is 13.1. The van der Waals surface area contributed by atoms with Gasteiger partial charge in [-0.3, -0.25) is 0 Å². The van der Waals surface area contributed by atoms with E-state index in [1.165, 1.54) is 19.2 Å². The monoisotopic (exact) mass is 294 g/mol. The van der Waals surface area contributed by atoms with E-state index in [0.717, 1.165) is 6.08 Å². The molecule has 0 bridgehead atoms. The molecule has 0 heterocycles. The fraction of sp³-hybridized carbons (Fsp3) is 0.385. The number of methoxy groups -OCH3 is 1. The Morgan fingerprint density at radius 2 is 2.00 bits per heavy atom. The van der Waals surface area contributed by atoms with Crippen LogP contribution in [0.2, 0.25) is 5.02 Å². The molecule has 0 aromatic heterocycles. The molecule has 2 nitrogen and oxygen atoms in total. The predicted molar refractivity (Wildman–Crippen MR) is 67.5 cm³/mol. The molecular weight excluding hydrogens is 281 g/mol. The van der Waals surface area contributed by atoms with Crippen molar-refractivity contribution in [2.75, 3.05) is 7.11 Å². The van der Waals surface area contributed by atoms with Gasteiger partial charge in [0, 0.05) is 12.0 Å². The highest BCUT2D eigenvalue weighted by Crippen LogP contribution is 2.45. The SMILES string of the molecule is C=CCC(O)(c1cc(C)c(OC)cc1Cl)C(F)(F)F. The van der Waals surface area contributed by atoms with Gasteiger partial charge in [-0.1, -0.05) is 17.7 Å². The van der Waals surface area contributed by atoms with Gasteiger partial charge in [-0.2, -0.15) is 13.2 Å². The molecule has 0 saturated heterocycles. The molecule has 0 fully saturated rings. The summed E-state index contributed by atoms with van der Waals surface area (Å²) in [6, 6.07) is 2.43. The van der Waals surface area contributed by atoms with E-state index in [9.17, 15) is 18.3 Å². The summed E-state index contributed by atoms with van der Waals surface area (Å²) >= 11 is 5.83. The first kappa shape index (κ1) is 15.9. The van der Waals surface area contributed by atoms with Crippen molar-refractivity contribution in [1.29, 1.82) is 0 Å². The van der Waals surface area contributed by atoms with E-state index in [0.29, 0.717) is 11.3 Å². The number of aliphatic hydroxyl groups is 1. The molecule has 106 valence electrons. The molecule has 0 aliphatic rings. The number of halogens is 4. The van der Waals surface area contributed by atoms with Crippen LogP contribution in [-0.4, -0.2) is 18.4 Å². The van der Waals surface area contributed by atoms with E-state index in [-0.39, 0.29) is 5.02 Å². The highest BCUT2D eigenvalue weighted by molar-refractivity contribution is 6.31. The first-order valence-electron chi connectivity index (χ1n) is 5.42. The third-order valence-electron chi connectivity index (χ3n) is 2.84. The Morgan fingerprint density at radius 1 is 1.42 bits per heavy atom. The van der Waals surface area contributed by atoms with E-state index in [2.05, 4.69) is 6.58 Å². The van der Waals surface area contributed by atoms with E-state index >= 15 is 0 Å². The minimum Gasteiger partial charge on any atom is -0.496 e. The van der Waals surface area contributed by atoms with Crippen molar-refractivity contribution >= 4 is 11.6 Å². The normalized spacial score (nSPS) is 14.9. The Kier molecular flexibility index (Phi) is 4.53. The number of benzene rings is 1. The number of ether oxygens (including phenoxy) is 1. The number of aryl methyl sites for hydroxylation is 1. The van der Waals surface area contributed by atoms with Gasteiger partial charge in [-0.15, -0.1) is 6.58 Å². The average Bonchev–Trinajstić information content (AvgIpc) is 2.30. The summed E-state index contributed by atoms with van der Waals surface area (Å²) in [6.45, 7) is 4.82. The summed E-state index contributed by atoms with van der Waals surface area (Å²) in [7, 11) is 1.39. The summed E-state index contributed by atoms with van der Waals surface area (Å²) in [5.74, 6) is 0.358. The van der Waals surface area contributed by atoms with Crippen LogP contribution in [0.5, 0.6) is 5.75 Å². The third kappa shape index (κ3) is 2.87. The molecule has 1 unspecified atom stereocenters. The van der Waals surface area contributed by atoms with Gasteiger partial charge in [0.15, 0.2) is 5.60 Å². The summed E-state index contributed by atoms with van der Waals surface area (Å²) < 4.78 is 44.2. The quantitative estimate of drug-likeness (QED) is 0.851. The molecule has 0 aliphatic heterocycles. The molecule has 1 atom stereocenters. The molecule has 0 spiro atoms. The van der Waals surface area contributed by atoms with Crippen LogP contribution >= 0.6 is 11.6 Å². The van der Waals surface area contributed by atoms with Crippen LogP contribution in [0.3, 0.4) is 0 Å². The Labute approximate surface area is 114 Å². The van der Waals surface area contributed by atoms with Crippen LogP contribution in [0.4, 0.5) is 13.2 Å². The van der Waals surface area contributed by atoms with Gasteiger partial charge < -0.3 is 9.84 Å². The van der Waals surface area contributed by atoms with E-state index < -0.39 is 23.8 Å². The topological polar surface area (TPSA) is 29.5 Å². The highest BCUT2D eigenvalue weighted by Gasteiger charge is 2.55. The summed E-state index contributed by atoms with van der Waals surface area (Å²) in [4.78, 5) is 0. The first-order valence-corrected chi connectivity index (χ1v) is 5.79. The second-order valence-corrected chi connectivity index (χ2v) is 4.56. The van der Waals surface area contributed by atoms with Gasteiger partial charge in [0.2, 0.25) is 0 Å². The Morgan fingerprint density at radius 3 is 2.42 bits per heavy atom. The second kappa shape index (κ2) is 5.43. The van der Waals surface area contributed by atoms with Crippen molar-refractivity contribution in [3.8, 4) is 5.75 Å². The smallest absolute Gasteiger partial charge is 0.421 e. The van der Waals surface area contributed by atoms with Gasteiger partial charge >= 0.3 is 6.18 Å². The largest absolute Gasteiger partial charge is 0.496 e. The summed E-state index contributed by atoms with van der Waals surface area (Å²) in [6.07, 6.45) is -4.53. The molecule has 1 aromatic rings. The lowest BCUT2D eigenvalue weighted by Gasteiger charge is -2.31. The zero-order chi connectivity index (χ0) is 14.8. The Balaban J connectivity index is 3.48. The lowest BCUT2D eigenvalue weighted by molar-refractivity contribution is -0.265. The van der Waals surface area contributed by atoms with Crippen LogP contribution in [0.25, 0.3) is 0 Å². The fourth-order valence-corrected chi connectivity index (χ4v) is 2.10. The fourth-order valence-electron chi connectivity index (χ4n) is 1.79. The van der Waals surface area contributed by atoms with Crippen molar-refractivity contribution in [2.45, 2.75) is 25.1 Å². The summed E-state index contributed by atoms with van der Waals surface area (Å²) in [5.41, 5.74) is -3.00. The van der Waals surface area contributed by atoms with Crippen molar-refractivity contribution in [3.05, 3.63) is 40.9 Å². The molecule has 19 heavy (non-hydrogen) atoms. The molecule has 0 amide bonds. The highest BCUT2D eigenvalue weighted by atomic mass is 35.5. The molecule has 1 N–H and O–H groups in total.